The summed E-state index contributed by atoms with van der Waals surface area (Å²) in [7, 11) is 0. The van der Waals surface area contributed by atoms with Crippen LogP contribution in [0.2, 0.25) is 5.02 Å². The van der Waals surface area contributed by atoms with E-state index in [4.69, 9.17) is 11.6 Å². The lowest BCUT2D eigenvalue weighted by Crippen LogP contribution is -2.51. The molecule has 3 rings (SSSR count). The maximum absolute atomic E-state index is 14.3. The summed E-state index contributed by atoms with van der Waals surface area (Å²) < 4.78 is 14.3. The molecule has 1 N–H and O–H groups in total. The molecule has 1 aliphatic rings. The van der Waals surface area contributed by atoms with Gasteiger partial charge < -0.3 is 15.1 Å². The Morgan fingerprint density at radius 3 is 2.38 bits per heavy atom. The van der Waals surface area contributed by atoms with Crippen LogP contribution < -0.4 is 10.2 Å². The van der Waals surface area contributed by atoms with Gasteiger partial charge in [-0.25, -0.2) is 4.39 Å². The SMILES string of the molecule is CC(=O)c1ccc(N2CCN(C(=O)CNC(=O)c3cccc(Cl)c3)CC2)c(F)c1. The van der Waals surface area contributed by atoms with E-state index in [9.17, 15) is 18.8 Å². The third-order valence-corrected chi connectivity index (χ3v) is 5.05. The highest BCUT2D eigenvalue weighted by molar-refractivity contribution is 6.31. The van der Waals surface area contributed by atoms with Crippen LogP contribution in [0.1, 0.15) is 27.6 Å². The van der Waals surface area contributed by atoms with Gasteiger partial charge in [-0.05, 0) is 43.3 Å². The Morgan fingerprint density at radius 1 is 1.03 bits per heavy atom. The molecule has 0 unspecified atom stereocenters. The number of hydrogen-bond acceptors (Lipinski definition) is 4. The van der Waals surface area contributed by atoms with Gasteiger partial charge in [0.15, 0.2) is 5.78 Å². The Labute approximate surface area is 173 Å². The molecule has 0 atom stereocenters. The van der Waals surface area contributed by atoms with E-state index < -0.39 is 5.82 Å². The predicted octanol–water partition coefficient (Wildman–Crippen LogP) is 2.76. The number of hydrogen-bond donors (Lipinski definition) is 1. The van der Waals surface area contributed by atoms with Crippen LogP contribution in [0.5, 0.6) is 0 Å². The van der Waals surface area contributed by atoms with Crippen molar-refractivity contribution in [2.24, 2.45) is 0 Å². The first-order chi connectivity index (χ1) is 13.8. The number of amides is 2. The lowest BCUT2D eigenvalue weighted by molar-refractivity contribution is -0.130. The quantitative estimate of drug-likeness (QED) is 0.759. The van der Waals surface area contributed by atoms with Gasteiger partial charge in [0.05, 0.1) is 12.2 Å². The number of anilines is 1. The minimum absolute atomic E-state index is 0.118. The third-order valence-electron chi connectivity index (χ3n) is 4.81. The topological polar surface area (TPSA) is 69.7 Å². The fraction of sp³-hybridized carbons (Fsp3) is 0.286. The van der Waals surface area contributed by atoms with Crippen LogP contribution in [0.15, 0.2) is 42.5 Å². The lowest BCUT2D eigenvalue weighted by Gasteiger charge is -2.36. The summed E-state index contributed by atoms with van der Waals surface area (Å²) in [4.78, 5) is 39.3. The van der Waals surface area contributed by atoms with Crippen LogP contribution >= 0.6 is 11.6 Å². The van der Waals surface area contributed by atoms with Crippen molar-refractivity contribution in [1.29, 1.82) is 0 Å². The maximum Gasteiger partial charge on any atom is 0.251 e. The largest absolute Gasteiger partial charge is 0.366 e. The molecular formula is C21H21ClFN3O3. The van der Waals surface area contributed by atoms with Crippen LogP contribution in [-0.2, 0) is 4.79 Å². The third kappa shape index (κ3) is 5.12. The number of Topliss-reactive ketones (excluding diaryl/α,β-unsaturated/α-hetero) is 1. The minimum atomic E-state index is -0.453. The van der Waals surface area contributed by atoms with Gasteiger partial charge in [0.1, 0.15) is 5.82 Å². The Bertz CT molecular complexity index is 943. The summed E-state index contributed by atoms with van der Waals surface area (Å²) in [6, 6.07) is 10.9. The molecule has 29 heavy (non-hydrogen) atoms. The predicted molar refractivity (Wildman–Crippen MR) is 109 cm³/mol. The van der Waals surface area contributed by atoms with Crippen molar-refractivity contribution in [3.8, 4) is 0 Å². The van der Waals surface area contributed by atoms with Crippen LogP contribution in [0.25, 0.3) is 0 Å². The average molecular weight is 418 g/mol. The Kier molecular flexibility index (Phi) is 6.49. The van der Waals surface area contributed by atoms with E-state index in [2.05, 4.69) is 5.32 Å². The van der Waals surface area contributed by atoms with Crippen molar-refractivity contribution in [3.63, 3.8) is 0 Å². The molecule has 0 aliphatic carbocycles. The van der Waals surface area contributed by atoms with Crippen LogP contribution in [0.3, 0.4) is 0 Å². The second-order valence-corrected chi connectivity index (χ2v) is 7.22. The van der Waals surface area contributed by atoms with Gasteiger partial charge in [-0.2, -0.15) is 0 Å². The van der Waals surface area contributed by atoms with Gasteiger partial charge in [-0.1, -0.05) is 17.7 Å². The summed E-state index contributed by atoms with van der Waals surface area (Å²) in [5.41, 5.74) is 1.13. The van der Waals surface area contributed by atoms with Crippen molar-refractivity contribution >= 4 is 34.9 Å². The van der Waals surface area contributed by atoms with E-state index in [0.29, 0.717) is 48.0 Å². The zero-order valence-corrected chi connectivity index (χ0v) is 16.7. The molecule has 2 aromatic carbocycles. The zero-order chi connectivity index (χ0) is 21.0. The van der Waals surface area contributed by atoms with E-state index in [1.165, 1.54) is 19.1 Å². The number of benzene rings is 2. The molecule has 2 amide bonds. The van der Waals surface area contributed by atoms with Crippen molar-refractivity contribution < 1.29 is 18.8 Å². The van der Waals surface area contributed by atoms with E-state index in [0.717, 1.165) is 0 Å². The smallest absolute Gasteiger partial charge is 0.251 e. The fourth-order valence-electron chi connectivity index (χ4n) is 3.18. The standard InChI is InChI=1S/C21H21ClFN3O3/c1-14(27)15-5-6-19(18(23)12-15)25-7-9-26(10-8-25)20(28)13-24-21(29)16-3-2-4-17(22)11-16/h2-6,11-12H,7-10,13H2,1H3,(H,24,29). The summed E-state index contributed by atoms with van der Waals surface area (Å²) in [5.74, 6) is -1.21. The number of carbonyl (C=O) groups excluding carboxylic acids is 3. The first-order valence-electron chi connectivity index (χ1n) is 9.22. The average Bonchev–Trinajstić information content (AvgIpc) is 2.71. The maximum atomic E-state index is 14.3. The minimum Gasteiger partial charge on any atom is -0.366 e. The monoisotopic (exact) mass is 417 g/mol. The molecule has 152 valence electrons. The van der Waals surface area contributed by atoms with Gasteiger partial charge in [0.2, 0.25) is 5.91 Å². The van der Waals surface area contributed by atoms with E-state index in [-0.39, 0.29) is 24.1 Å². The number of piperazine rings is 1. The second kappa shape index (κ2) is 9.05. The Hall–Kier alpha value is -2.93. The van der Waals surface area contributed by atoms with Gasteiger partial charge in [-0.3, -0.25) is 14.4 Å². The molecule has 0 aromatic heterocycles. The van der Waals surface area contributed by atoms with Gasteiger partial charge in [0, 0.05) is 42.3 Å². The molecule has 0 bridgehead atoms. The van der Waals surface area contributed by atoms with Crippen molar-refractivity contribution in [3.05, 3.63) is 64.4 Å². The summed E-state index contributed by atoms with van der Waals surface area (Å²) in [5, 5.41) is 3.05. The van der Waals surface area contributed by atoms with Gasteiger partial charge in [-0.15, -0.1) is 0 Å². The van der Waals surface area contributed by atoms with Crippen LogP contribution in [0.4, 0.5) is 10.1 Å². The number of rotatable bonds is 5. The summed E-state index contributed by atoms with van der Waals surface area (Å²) in [6.07, 6.45) is 0. The molecule has 1 aliphatic heterocycles. The highest BCUT2D eigenvalue weighted by atomic mass is 35.5. The van der Waals surface area contributed by atoms with Gasteiger partial charge >= 0.3 is 0 Å². The van der Waals surface area contributed by atoms with Crippen LogP contribution in [0, 0.1) is 5.82 Å². The van der Waals surface area contributed by atoms with E-state index in [1.54, 1.807) is 35.2 Å². The first-order valence-corrected chi connectivity index (χ1v) is 9.60. The molecule has 1 fully saturated rings. The van der Waals surface area contributed by atoms with E-state index >= 15 is 0 Å². The second-order valence-electron chi connectivity index (χ2n) is 6.78. The fourth-order valence-corrected chi connectivity index (χ4v) is 3.37. The Morgan fingerprint density at radius 2 is 1.76 bits per heavy atom. The molecule has 1 heterocycles. The lowest BCUT2D eigenvalue weighted by atomic mass is 10.1. The number of carbonyl (C=O) groups is 3. The van der Waals surface area contributed by atoms with Crippen molar-refractivity contribution in [2.45, 2.75) is 6.92 Å². The molecule has 6 nitrogen and oxygen atoms in total. The molecule has 2 aromatic rings. The normalized spacial score (nSPS) is 13.9. The molecule has 0 spiro atoms. The zero-order valence-electron chi connectivity index (χ0n) is 16.0. The number of nitrogens with one attached hydrogen (secondary N) is 1. The van der Waals surface area contributed by atoms with Crippen molar-refractivity contribution in [1.82, 2.24) is 10.2 Å². The highest BCUT2D eigenvalue weighted by Gasteiger charge is 2.23. The molecule has 1 saturated heterocycles. The molecule has 8 heteroatoms. The van der Waals surface area contributed by atoms with Gasteiger partial charge in [0.25, 0.3) is 5.91 Å². The number of halogens is 2. The summed E-state index contributed by atoms with van der Waals surface area (Å²) in [6.45, 7) is 3.03. The molecular weight excluding hydrogens is 397 g/mol. The first kappa shape index (κ1) is 20.8. The van der Waals surface area contributed by atoms with E-state index in [1.807, 2.05) is 4.90 Å². The Balaban J connectivity index is 1.52. The summed E-state index contributed by atoms with van der Waals surface area (Å²) >= 11 is 5.87. The van der Waals surface area contributed by atoms with Crippen LogP contribution in [-0.4, -0.2) is 55.2 Å². The number of nitrogens with zero attached hydrogens (tertiary/aromatic N) is 2. The molecule has 0 radical (unpaired) electrons. The highest BCUT2D eigenvalue weighted by Crippen LogP contribution is 2.22. The molecule has 0 saturated carbocycles. The van der Waals surface area contributed by atoms with Crippen molar-refractivity contribution in [2.75, 3.05) is 37.6 Å². The number of ketones is 1.